The number of carbonyl (C=O) groups is 2. The number of rotatable bonds is 5. The Hall–Kier alpha value is -4.57. The molecule has 1 aliphatic heterocycles. The van der Waals surface area contributed by atoms with Gasteiger partial charge in [-0.15, -0.1) is 0 Å². The molecule has 10 nitrogen and oxygen atoms in total. The van der Waals surface area contributed by atoms with E-state index in [1.165, 1.54) is 6.33 Å². The number of aryl methyl sites for hydroxylation is 1. The Labute approximate surface area is 213 Å². The van der Waals surface area contributed by atoms with Gasteiger partial charge in [-0.1, -0.05) is 31.4 Å². The Bertz CT molecular complexity index is 1640. The van der Waals surface area contributed by atoms with Gasteiger partial charge in [0.2, 0.25) is 0 Å². The van der Waals surface area contributed by atoms with Crippen LogP contribution >= 0.6 is 0 Å². The van der Waals surface area contributed by atoms with E-state index in [2.05, 4.69) is 33.5 Å². The summed E-state index contributed by atoms with van der Waals surface area (Å²) in [4.78, 5) is 47.1. The van der Waals surface area contributed by atoms with Crippen molar-refractivity contribution in [1.29, 1.82) is 0 Å². The van der Waals surface area contributed by atoms with Gasteiger partial charge < -0.3 is 15.1 Å². The van der Waals surface area contributed by atoms with Crippen molar-refractivity contribution in [3.63, 3.8) is 0 Å². The van der Waals surface area contributed by atoms with Crippen molar-refractivity contribution in [2.45, 2.75) is 0 Å². The SMILES string of the molecule is C=C(NC(=O)C(=C)n1cnc2c(-c3ccc4nn(C)cc4c3)cccc2c1=O)C(=O)N1CCN(C)CC1. The molecule has 0 aliphatic carbocycles. The highest BCUT2D eigenvalue weighted by Crippen LogP contribution is 2.28. The molecule has 0 spiro atoms. The number of carbonyl (C=O) groups excluding carboxylic acids is 2. The zero-order chi connectivity index (χ0) is 26.3. The van der Waals surface area contributed by atoms with Gasteiger partial charge in [0.1, 0.15) is 12.0 Å². The van der Waals surface area contributed by atoms with Crippen LogP contribution in [0.3, 0.4) is 0 Å². The highest BCUT2D eigenvalue weighted by molar-refractivity contribution is 6.15. The van der Waals surface area contributed by atoms with Crippen LogP contribution < -0.4 is 10.9 Å². The van der Waals surface area contributed by atoms with Gasteiger partial charge in [-0.25, -0.2) is 4.98 Å². The molecule has 1 aliphatic rings. The quantitative estimate of drug-likeness (QED) is 0.422. The largest absolute Gasteiger partial charge is 0.335 e. The molecule has 1 saturated heterocycles. The molecule has 5 rings (SSSR count). The molecule has 1 N–H and O–H groups in total. The summed E-state index contributed by atoms with van der Waals surface area (Å²) >= 11 is 0. The van der Waals surface area contributed by atoms with Crippen molar-refractivity contribution in [1.82, 2.24) is 34.4 Å². The molecule has 0 unspecified atom stereocenters. The maximum Gasteiger partial charge on any atom is 0.272 e. The molecule has 1 fully saturated rings. The van der Waals surface area contributed by atoms with Crippen molar-refractivity contribution in [3.8, 4) is 11.1 Å². The van der Waals surface area contributed by atoms with E-state index < -0.39 is 11.5 Å². The Morgan fingerprint density at radius 2 is 1.78 bits per heavy atom. The summed E-state index contributed by atoms with van der Waals surface area (Å²) in [5.41, 5.74) is 2.40. The summed E-state index contributed by atoms with van der Waals surface area (Å²) in [6.07, 6.45) is 3.21. The maximum atomic E-state index is 13.3. The second kappa shape index (κ2) is 9.47. The van der Waals surface area contributed by atoms with E-state index in [0.717, 1.165) is 39.7 Å². The number of benzene rings is 2. The minimum absolute atomic E-state index is 0.0643. The number of para-hydroxylation sites is 1. The summed E-state index contributed by atoms with van der Waals surface area (Å²) < 4.78 is 2.83. The topological polar surface area (TPSA) is 105 Å². The molecule has 2 amide bonds. The van der Waals surface area contributed by atoms with E-state index in [9.17, 15) is 14.4 Å². The molecule has 3 heterocycles. The summed E-state index contributed by atoms with van der Waals surface area (Å²) in [6.45, 7) is 10.1. The highest BCUT2D eigenvalue weighted by atomic mass is 16.2. The van der Waals surface area contributed by atoms with Crippen molar-refractivity contribution in [2.24, 2.45) is 7.05 Å². The molecular formula is C27H27N7O3. The zero-order valence-corrected chi connectivity index (χ0v) is 20.8. The van der Waals surface area contributed by atoms with Crippen LogP contribution in [0.2, 0.25) is 0 Å². The molecule has 37 heavy (non-hydrogen) atoms. The lowest BCUT2D eigenvalue weighted by molar-refractivity contribution is -0.130. The minimum atomic E-state index is -0.700. The Morgan fingerprint density at radius 1 is 1.03 bits per heavy atom. The number of hydrogen-bond donors (Lipinski definition) is 1. The maximum absolute atomic E-state index is 13.3. The first-order chi connectivity index (χ1) is 17.7. The van der Waals surface area contributed by atoms with E-state index in [-0.39, 0.29) is 17.3 Å². The fraction of sp³-hybridized carbons (Fsp3) is 0.222. The van der Waals surface area contributed by atoms with Crippen LogP contribution in [0.1, 0.15) is 0 Å². The second-order valence-corrected chi connectivity index (χ2v) is 9.17. The lowest BCUT2D eigenvalue weighted by Gasteiger charge is -2.32. The first-order valence-corrected chi connectivity index (χ1v) is 11.8. The Morgan fingerprint density at radius 3 is 2.54 bits per heavy atom. The van der Waals surface area contributed by atoms with Crippen molar-refractivity contribution < 1.29 is 9.59 Å². The number of nitrogens with one attached hydrogen (secondary N) is 1. The van der Waals surface area contributed by atoms with E-state index in [1.807, 2.05) is 44.6 Å². The van der Waals surface area contributed by atoms with Gasteiger partial charge in [0.05, 0.1) is 22.1 Å². The van der Waals surface area contributed by atoms with Crippen LogP contribution in [-0.2, 0) is 16.6 Å². The average Bonchev–Trinajstić information content (AvgIpc) is 3.27. The Kier molecular flexibility index (Phi) is 6.18. The lowest BCUT2D eigenvalue weighted by Crippen LogP contribution is -2.49. The highest BCUT2D eigenvalue weighted by Gasteiger charge is 2.23. The van der Waals surface area contributed by atoms with Gasteiger partial charge in [0.15, 0.2) is 0 Å². The van der Waals surface area contributed by atoms with E-state index in [4.69, 9.17) is 0 Å². The standard InChI is InChI=1S/C27H27N7O3/c1-17(26(36)33-12-10-31(3)11-13-33)29-25(35)18(2)34-16-28-24-21(6-5-7-22(24)27(34)37)19-8-9-23-20(14-19)15-32(4)30-23/h5-9,14-16H,1-2,10-13H2,3-4H3,(H,29,35). The fourth-order valence-electron chi connectivity index (χ4n) is 4.47. The second-order valence-electron chi connectivity index (χ2n) is 9.17. The van der Waals surface area contributed by atoms with Crippen LogP contribution in [0, 0.1) is 0 Å². The third-order valence-electron chi connectivity index (χ3n) is 6.58. The van der Waals surface area contributed by atoms with E-state index in [1.54, 1.807) is 21.7 Å². The van der Waals surface area contributed by atoms with Crippen molar-refractivity contribution in [2.75, 3.05) is 33.2 Å². The molecule has 2 aromatic carbocycles. The predicted octanol–water partition coefficient (Wildman–Crippen LogP) is 1.82. The first-order valence-electron chi connectivity index (χ1n) is 11.8. The third kappa shape index (κ3) is 4.54. The number of aromatic nitrogens is 4. The van der Waals surface area contributed by atoms with Gasteiger partial charge in [0, 0.05) is 50.4 Å². The number of likely N-dealkylation sites (N-methyl/N-ethyl adjacent to an activating group) is 1. The first kappa shape index (κ1) is 24.1. The predicted molar refractivity (Wildman–Crippen MR) is 142 cm³/mol. The van der Waals surface area contributed by atoms with Crippen LogP contribution in [0.15, 0.2) is 72.6 Å². The summed E-state index contributed by atoms with van der Waals surface area (Å²) in [5.74, 6) is -1.05. The van der Waals surface area contributed by atoms with Crippen LogP contribution in [-0.4, -0.2) is 74.2 Å². The molecule has 188 valence electrons. The summed E-state index contributed by atoms with van der Waals surface area (Å²) in [6, 6.07) is 11.2. The van der Waals surface area contributed by atoms with Crippen molar-refractivity contribution in [3.05, 3.63) is 78.1 Å². The Balaban J connectivity index is 1.39. The average molecular weight is 498 g/mol. The van der Waals surface area contributed by atoms with Crippen molar-refractivity contribution >= 4 is 39.3 Å². The molecule has 4 aromatic rings. The summed E-state index contributed by atoms with van der Waals surface area (Å²) in [7, 11) is 3.85. The van der Waals surface area contributed by atoms with Crippen LogP contribution in [0.5, 0.6) is 0 Å². The van der Waals surface area contributed by atoms with Gasteiger partial charge in [-0.3, -0.25) is 23.6 Å². The third-order valence-corrected chi connectivity index (χ3v) is 6.58. The number of nitrogens with zero attached hydrogens (tertiary/aromatic N) is 6. The number of fused-ring (bicyclic) bond motifs is 2. The van der Waals surface area contributed by atoms with Gasteiger partial charge >= 0.3 is 0 Å². The van der Waals surface area contributed by atoms with E-state index >= 15 is 0 Å². The smallest absolute Gasteiger partial charge is 0.272 e. The molecule has 10 heteroatoms. The zero-order valence-electron chi connectivity index (χ0n) is 20.8. The van der Waals surface area contributed by atoms with Gasteiger partial charge in [-0.2, -0.15) is 5.10 Å². The fourth-order valence-corrected chi connectivity index (χ4v) is 4.47. The summed E-state index contributed by atoms with van der Waals surface area (Å²) in [5, 5.41) is 8.20. The van der Waals surface area contributed by atoms with Crippen LogP contribution in [0.4, 0.5) is 0 Å². The molecule has 0 atom stereocenters. The van der Waals surface area contributed by atoms with Gasteiger partial charge in [0.25, 0.3) is 17.4 Å². The number of hydrogen-bond acceptors (Lipinski definition) is 6. The van der Waals surface area contributed by atoms with E-state index in [0.29, 0.717) is 24.0 Å². The normalized spacial score (nSPS) is 14.2. The lowest BCUT2D eigenvalue weighted by atomic mass is 10.0. The van der Waals surface area contributed by atoms with Gasteiger partial charge in [-0.05, 0) is 30.8 Å². The molecule has 2 aromatic heterocycles. The molecule has 0 bridgehead atoms. The minimum Gasteiger partial charge on any atom is -0.335 e. The molecule has 0 radical (unpaired) electrons. The monoisotopic (exact) mass is 497 g/mol. The van der Waals surface area contributed by atoms with Crippen LogP contribution in [0.25, 0.3) is 38.6 Å². The number of amides is 2. The number of piperazine rings is 1. The molecular weight excluding hydrogens is 470 g/mol. The molecule has 0 saturated carbocycles.